The molecule has 0 aliphatic heterocycles. The maximum atomic E-state index is 12.3. The van der Waals surface area contributed by atoms with Gasteiger partial charge in [0.25, 0.3) is 5.91 Å². The third kappa shape index (κ3) is 4.50. The summed E-state index contributed by atoms with van der Waals surface area (Å²) in [6.45, 7) is 1.93. The van der Waals surface area contributed by atoms with Crippen LogP contribution in [0, 0.1) is 0 Å². The minimum absolute atomic E-state index is 0.247. The van der Waals surface area contributed by atoms with Crippen molar-refractivity contribution in [2.45, 2.75) is 50.9 Å². The van der Waals surface area contributed by atoms with E-state index < -0.39 is 5.60 Å². The van der Waals surface area contributed by atoms with E-state index >= 15 is 0 Å². The van der Waals surface area contributed by atoms with Gasteiger partial charge in [-0.05, 0) is 56.0 Å². The van der Waals surface area contributed by atoms with Crippen LogP contribution in [-0.4, -0.2) is 28.6 Å². The fourth-order valence-electron chi connectivity index (χ4n) is 3.43. The first-order valence-electron chi connectivity index (χ1n) is 8.85. The van der Waals surface area contributed by atoms with Crippen LogP contribution in [-0.2, 0) is 24.4 Å². The van der Waals surface area contributed by atoms with Gasteiger partial charge in [0, 0.05) is 13.1 Å². The Morgan fingerprint density at radius 2 is 1.88 bits per heavy atom. The Hall–Kier alpha value is -2.11. The van der Waals surface area contributed by atoms with E-state index in [0.717, 1.165) is 42.8 Å². The molecule has 0 bridgehead atoms. The molecule has 1 aromatic heterocycles. The lowest BCUT2D eigenvalue weighted by Gasteiger charge is -2.22. The van der Waals surface area contributed by atoms with Crippen molar-refractivity contribution >= 4 is 5.91 Å². The van der Waals surface area contributed by atoms with E-state index in [1.165, 1.54) is 0 Å². The predicted octanol–water partition coefficient (Wildman–Crippen LogP) is 2.83. The third-order valence-corrected chi connectivity index (χ3v) is 4.86. The van der Waals surface area contributed by atoms with E-state index in [9.17, 15) is 9.90 Å². The molecule has 134 valence electrons. The minimum atomic E-state index is -1.18. The van der Waals surface area contributed by atoms with Gasteiger partial charge in [0.15, 0.2) is 0 Å². The normalized spacial score (nSPS) is 16.3. The van der Waals surface area contributed by atoms with Crippen LogP contribution < -0.4 is 5.32 Å². The molecule has 3 rings (SSSR count). The maximum Gasteiger partial charge on any atom is 0.252 e. The van der Waals surface area contributed by atoms with Gasteiger partial charge in [-0.15, -0.1) is 0 Å². The summed E-state index contributed by atoms with van der Waals surface area (Å²) in [6, 6.07) is 11.9. The quantitative estimate of drug-likeness (QED) is 0.812. The molecule has 5 heteroatoms. The molecule has 0 radical (unpaired) electrons. The molecule has 0 atom stereocenters. The highest BCUT2D eigenvalue weighted by molar-refractivity contribution is 5.85. The fourth-order valence-corrected chi connectivity index (χ4v) is 3.43. The van der Waals surface area contributed by atoms with Crippen molar-refractivity contribution in [2.24, 2.45) is 0 Å². The molecule has 1 heterocycles. The largest absolute Gasteiger partial charge is 0.468 e. The molecule has 0 spiro atoms. The van der Waals surface area contributed by atoms with Gasteiger partial charge < -0.3 is 14.8 Å². The van der Waals surface area contributed by atoms with Crippen LogP contribution in [0.4, 0.5) is 0 Å². The highest BCUT2D eigenvalue weighted by Crippen LogP contribution is 2.29. The molecule has 2 N–H and O–H groups in total. The van der Waals surface area contributed by atoms with Crippen LogP contribution >= 0.6 is 0 Å². The molecule has 5 nitrogen and oxygen atoms in total. The molecule has 0 unspecified atom stereocenters. The lowest BCUT2D eigenvalue weighted by atomic mass is 10.0. The Bertz CT molecular complexity index is 691. The number of benzene rings is 1. The summed E-state index contributed by atoms with van der Waals surface area (Å²) in [7, 11) is 2.04. The molecule has 1 amide bonds. The molecular formula is C20H26N2O3. The number of nitrogens with one attached hydrogen (secondary N) is 1. The van der Waals surface area contributed by atoms with Gasteiger partial charge in [-0.1, -0.05) is 24.3 Å². The Labute approximate surface area is 148 Å². The SMILES string of the molecule is CN(Cc1ccco1)Cc1ccccc1CNC(=O)C1(O)CCCC1. The number of aliphatic hydroxyl groups is 1. The smallest absolute Gasteiger partial charge is 0.252 e. The zero-order valence-electron chi connectivity index (χ0n) is 14.7. The van der Waals surface area contributed by atoms with Gasteiger partial charge in [-0.3, -0.25) is 9.69 Å². The summed E-state index contributed by atoms with van der Waals surface area (Å²) in [5.74, 6) is 0.681. The summed E-state index contributed by atoms with van der Waals surface area (Å²) in [6.07, 6.45) is 4.63. The van der Waals surface area contributed by atoms with Crippen LogP contribution in [0.5, 0.6) is 0 Å². The number of carbonyl (C=O) groups is 1. The summed E-state index contributed by atoms with van der Waals surface area (Å²) < 4.78 is 5.39. The highest BCUT2D eigenvalue weighted by atomic mass is 16.3. The third-order valence-electron chi connectivity index (χ3n) is 4.86. The summed E-state index contributed by atoms with van der Waals surface area (Å²) >= 11 is 0. The highest BCUT2D eigenvalue weighted by Gasteiger charge is 2.38. The molecule has 1 fully saturated rings. The number of carbonyl (C=O) groups excluding carboxylic acids is 1. The van der Waals surface area contributed by atoms with E-state index in [1.54, 1.807) is 6.26 Å². The van der Waals surface area contributed by atoms with E-state index in [-0.39, 0.29) is 5.91 Å². The fraction of sp³-hybridized carbons (Fsp3) is 0.450. The van der Waals surface area contributed by atoms with Gasteiger partial charge in [0.05, 0.1) is 12.8 Å². The van der Waals surface area contributed by atoms with Crippen LogP contribution in [0.2, 0.25) is 0 Å². The minimum Gasteiger partial charge on any atom is -0.468 e. The topological polar surface area (TPSA) is 65.7 Å². The van der Waals surface area contributed by atoms with Crippen molar-refractivity contribution in [3.05, 3.63) is 59.5 Å². The molecule has 1 aliphatic carbocycles. The van der Waals surface area contributed by atoms with Gasteiger partial charge in [0.2, 0.25) is 0 Å². The van der Waals surface area contributed by atoms with Crippen molar-refractivity contribution in [3.8, 4) is 0 Å². The van der Waals surface area contributed by atoms with E-state index in [2.05, 4.69) is 16.3 Å². The van der Waals surface area contributed by atoms with Crippen molar-refractivity contribution in [2.75, 3.05) is 7.05 Å². The van der Waals surface area contributed by atoms with Gasteiger partial charge in [0.1, 0.15) is 11.4 Å². The van der Waals surface area contributed by atoms with Gasteiger partial charge in [-0.2, -0.15) is 0 Å². The van der Waals surface area contributed by atoms with Crippen LogP contribution in [0.15, 0.2) is 47.1 Å². The van der Waals surface area contributed by atoms with Crippen LogP contribution in [0.3, 0.4) is 0 Å². The first-order valence-corrected chi connectivity index (χ1v) is 8.85. The van der Waals surface area contributed by atoms with E-state index in [4.69, 9.17) is 4.42 Å². The number of rotatable bonds is 7. The number of nitrogens with zero attached hydrogens (tertiary/aromatic N) is 1. The molecular weight excluding hydrogens is 316 g/mol. The predicted molar refractivity (Wildman–Crippen MR) is 95.6 cm³/mol. The summed E-state index contributed by atoms with van der Waals surface area (Å²) in [4.78, 5) is 14.5. The second-order valence-corrected chi connectivity index (χ2v) is 6.94. The van der Waals surface area contributed by atoms with Gasteiger partial charge in [-0.25, -0.2) is 0 Å². The molecule has 1 saturated carbocycles. The molecule has 1 aliphatic rings. The lowest BCUT2D eigenvalue weighted by Crippen LogP contribution is -2.44. The number of hydrogen-bond donors (Lipinski definition) is 2. The monoisotopic (exact) mass is 342 g/mol. The summed E-state index contributed by atoms with van der Waals surface area (Å²) in [5.41, 5.74) is 1.06. The van der Waals surface area contributed by atoms with Crippen LogP contribution in [0.25, 0.3) is 0 Å². The van der Waals surface area contributed by atoms with Crippen molar-refractivity contribution in [1.29, 1.82) is 0 Å². The second-order valence-electron chi connectivity index (χ2n) is 6.94. The van der Waals surface area contributed by atoms with Crippen molar-refractivity contribution in [1.82, 2.24) is 10.2 Å². The number of hydrogen-bond acceptors (Lipinski definition) is 4. The first-order chi connectivity index (χ1) is 12.1. The standard InChI is InChI=1S/C20H26N2O3/c1-22(15-18-9-6-12-25-18)14-17-8-3-2-7-16(17)13-21-19(23)20(24)10-4-5-11-20/h2-3,6-9,12,24H,4-5,10-11,13-15H2,1H3,(H,21,23). The van der Waals surface area contributed by atoms with Gasteiger partial charge >= 0.3 is 0 Å². The average Bonchev–Trinajstić information content (AvgIpc) is 3.26. The number of furan rings is 1. The van der Waals surface area contributed by atoms with Crippen molar-refractivity contribution in [3.63, 3.8) is 0 Å². The zero-order chi connectivity index (χ0) is 17.7. The first kappa shape index (κ1) is 17.7. The molecule has 2 aromatic rings. The Balaban J connectivity index is 1.59. The van der Waals surface area contributed by atoms with Crippen LogP contribution in [0.1, 0.15) is 42.6 Å². The van der Waals surface area contributed by atoms with E-state index in [1.807, 2.05) is 37.4 Å². The molecule has 0 saturated heterocycles. The zero-order valence-corrected chi connectivity index (χ0v) is 14.7. The summed E-state index contributed by atoms with van der Waals surface area (Å²) in [5, 5.41) is 13.3. The lowest BCUT2D eigenvalue weighted by molar-refractivity contribution is -0.139. The maximum absolute atomic E-state index is 12.3. The molecule has 25 heavy (non-hydrogen) atoms. The number of amides is 1. The Morgan fingerprint density at radius 1 is 1.16 bits per heavy atom. The second kappa shape index (κ2) is 7.85. The van der Waals surface area contributed by atoms with E-state index in [0.29, 0.717) is 19.4 Å². The Kier molecular flexibility index (Phi) is 5.56. The van der Waals surface area contributed by atoms with Crippen molar-refractivity contribution < 1.29 is 14.3 Å². The molecule has 1 aromatic carbocycles. The average molecular weight is 342 g/mol. The Morgan fingerprint density at radius 3 is 2.56 bits per heavy atom.